The molecule has 0 aromatic carbocycles. The summed E-state index contributed by atoms with van der Waals surface area (Å²) >= 11 is 0. The Hall–Kier alpha value is -0.920. The highest BCUT2D eigenvalue weighted by Gasteiger charge is 1.96. The van der Waals surface area contributed by atoms with E-state index in [4.69, 9.17) is 9.15 Å². The average Bonchev–Trinajstić information content (AvgIpc) is 2.34. The first-order valence-corrected chi connectivity index (χ1v) is 2.99. The average molecular weight is 126 g/mol. The lowest BCUT2D eigenvalue weighted by Crippen LogP contribution is -1.76. The molecule has 2 heteroatoms. The van der Waals surface area contributed by atoms with Crippen molar-refractivity contribution in [1.29, 1.82) is 0 Å². The molecule has 2 nitrogen and oxygen atoms in total. The molecule has 0 atom stereocenters. The summed E-state index contributed by atoms with van der Waals surface area (Å²) in [6.07, 6.45) is 0.920. The first-order chi connectivity index (χ1) is 4.36. The monoisotopic (exact) mass is 126 g/mol. The van der Waals surface area contributed by atoms with E-state index < -0.39 is 0 Å². The molecule has 0 radical (unpaired) electrons. The summed E-state index contributed by atoms with van der Waals surface area (Å²) in [7, 11) is 1.60. The Kier molecular flexibility index (Phi) is 1.78. The van der Waals surface area contributed by atoms with Gasteiger partial charge in [0.2, 0.25) is 0 Å². The van der Waals surface area contributed by atoms with Crippen LogP contribution in [0.1, 0.15) is 12.7 Å². The first kappa shape index (κ1) is 6.20. The van der Waals surface area contributed by atoms with Crippen LogP contribution in [-0.4, -0.2) is 7.11 Å². The molecule has 0 spiro atoms. The van der Waals surface area contributed by atoms with Gasteiger partial charge >= 0.3 is 0 Å². The van der Waals surface area contributed by atoms with Crippen LogP contribution in [0.4, 0.5) is 0 Å². The highest BCUT2D eigenvalue weighted by Crippen LogP contribution is 2.14. The van der Waals surface area contributed by atoms with Crippen LogP contribution in [0.25, 0.3) is 0 Å². The number of rotatable bonds is 2. The van der Waals surface area contributed by atoms with Gasteiger partial charge in [0.25, 0.3) is 5.95 Å². The smallest absolute Gasteiger partial charge is 0.284 e. The third-order valence-corrected chi connectivity index (χ3v) is 1.19. The molecular formula is C7H10O2. The maximum Gasteiger partial charge on any atom is 0.284 e. The van der Waals surface area contributed by atoms with Crippen molar-refractivity contribution in [1.82, 2.24) is 0 Å². The predicted molar refractivity (Wildman–Crippen MR) is 34.6 cm³/mol. The molecule has 0 fully saturated rings. The Morgan fingerprint density at radius 2 is 2.33 bits per heavy atom. The van der Waals surface area contributed by atoms with Crippen molar-refractivity contribution in [3.63, 3.8) is 0 Å². The van der Waals surface area contributed by atoms with Gasteiger partial charge in [0, 0.05) is 12.5 Å². The number of hydrogen-bond donors (Lipinski definition) is 0. The second-order valence-electron chi connectivity index (χ2n) is 1.78. The van der Waals surface area contributed by atoms with Crippen molar-refractivity contribution < 1.29 is 9.15 Å². The lowest BCUT2D eigenvalue weighted by molar-refractivity contribution is 0.295. The number of hydrogen-bond acceptors (Lipinski definition) is 2. The van der Waals surface area contributed by atoms with Gasteiger partial charge in [-0.3, -0.25) is 0 Å². The van der Waals surface area contributed by atoms with Crippen molar-refractivity contribution in [2.24, 2.45) is 0 Å². The SMILES string of the molecule is CCc1ccc(OC)o1. The van der Waals surface area contributed by atoms with Gasteiger partial charge in [-0.25, -0.2) is 0 Å². The molecule has 0 N–H and O–H groups in total. The van der Waals surface area contributed by atoms with E-state index in [1.54, 1.807) is 7.11 Å². The fourth-order valence-corrected chi connectivity index (χ4v) is 0.658. The largest absolute Gasteiger partial charge is 0.468 e. The van der Waals surface area contributed by atoms with E-state index in [2.05, 4.69) is 0 Å². The van der Waals surface area contributed by atoms with Crippen LogP contribution in [-0.2, 0) is 6.42 Å². The zero-order chi connectivity index (χ0) is 6.69. The zero-order valence-corrected chi connectivity index (χ0v) is 5.68. The summed E-state index contributed by atoms with van der Waals surface area (Å²) in [6.45, 7) is 2.04. The second-order valence-corrected chi connectivity index (χ2v) is 1.78. The molecule has 1 aromatic rings. The second kappa shape index (κ2) is 2.58. The fraction of sp³-hybridized carbons (Fsp3) is 0.429. The van der Waals surface area contributed by atoms with Gasteiger partial charge in [0.15, 0.2) is 0 Å². The quantitative estimate of drug-likeness (QED) is 0.603. The first-order valence-electron chi connectivity index (χ1n) is 2.99. The maximum atomic E-state index is 5.16. The standard InChI is InChI=1S/C7H10O2/c1-3-6-4-5-7(8-2)9-6/h4-5H,3H2,1-2H3. The van der Waals surface area contributed by atoms with E-state index in [1.807, 2.05) is 19.1 Å². The van der Waals surface area contributed by atoms with Crippen LogP contribution in [0, 0.1) is 0 Å². The van der Waals surface area contributed by atoms with Gasteiger partial charge in [-0.05, 0) is 6.07 Å². The minimum absolute atomic E-state index is 0.590. The molecule has 0 aliphatic rings. The van der Waals surface area contributed by atoms with Crippen molar-refractivity contribution in [3.8, 4) is 5.95 Å². The minimum atomic E-state index is 0.590. The van der Waals surface area contributed by atoms with Gasteiger partial charge in [0.1, 0.15) is 5.76 Å². The zero-order valence-electron chi connectivity index (χ0n) is 5.68. The lowest BCUT2D eigenvalue weighted by atomic mass is 10.4. The van der Waals surface area contributed by atoms with Gasteiger partial charge in [-0.2, -0.15) is 0 Å². The molecule has 0 saturated heterocycles. The minimum Gasteiger partial charge on any atom is -0.468 e. The normalized spacial score (nSPS) is 9.56. The number of methoxy groups -OCH3 is 1. The Bertz CT molecular complexity index is 160. The Balaban J connectivity index is 2.74. The molecule has 1 heterocycles. The highest BCUT2D eigenvalue weighted by atomic mass is 16.6. The topological polar surface area (TPSA) is 22.4 Å². The number of aryl methyl sites for hydroxylation is 1. The van der Waals surface area contributed by atoms with Gasteiger partial charge in [0.05, 0.1) is 7.11 Å². The summed E-state index contributed by atoms with van der Waals surface area (Å²) in [5, 5.41) is 0. The summed E-state index contributed by atoms with van der Waals surface area (Å²) in [5.41, 5.74) is 0. The van der Waals surface area contributed by atoms with E-state index in [-0.39, 0.29) is 0 Å². The van der Waals surface area contributed by atoms with Crippen molar-refractivity contribution >= 4 is 0 Å². The Morgan fingerprint density at radius 3 is 2.67 bits per heavy atom. The number of furan rings is 1. The highest BCUT2D eigenvalue weighted by molar-refractivity contribution is 5.11. The van der Waals surface area contributed by atoms with Crippen LogP contribution in [0.2, 0.25) is 0 Å². The predicted octanol–water partition coefficient (Wildman–Crippen LogP) is 1.85. The molecule has 0 aliphatic heterocycles. The van der Waals surface area contributed by atoms with Crippen molar-refractivity contribution in [3.05, 3.63) is 17.9 Å². The van der Waals surface area contributed by atoms with Crippen molar-refractivity contribution in [2.45, 2.75) is 13.3 Å². The lowest BCUT2D eigenvalue weighted by Gasteiger charge is -1.89. The van der Waals surface area contributed by atoms with E-state index in [1.165, 1.54) is 0 Å². The molecule has 1 rings (SSSR count). The van der Waals surface area contributed by atoms with Crippen LogP contribution >= 0.6 is 0 Å². The molecule has 0 saturated carbocycles. The van der Waals surface area contributed by atoms with Crippen LogP contribution in [0.15, 0.2) is 16.5 Å². The van der Waals surface area contributed by atoms with E-state index in [9.17, 15) is 0 Å². The Labute approximate surface area is 54.4 Å². The summed E-state index contributed by atoms with van der Waals surface area (Å²) in [5.74, 6) is 1.55. The molecule has 50 valence electrons. The van der Waals surface area contributed by atoms with Crippen LogP contribution in [0.3, 0.4) is 0 Å². The van der Waals surface area contributed by atoms with Gasteiger partial charge in [-0.15, -0.1) is 0 Å². The molecule has 0 aliphatic carbocycles. The molecule has 9 heavy (non-hydrogen) atoms. The van der Waals surface area contributed by atoms with Crippen LogP contribution in [0.5, 0.6) is 5.95 Å². The fourth-order valence-electron chi connectivity index (χ4n) is 0.658. The third kappa shape index (κ3) is 1.25. The molecule has 0 bridgehead atoms. The Morgan fingerprint density at radius 1 is 1.56 bits per heavy atom. The molecule has 0 amide bonds. The van der Waals surface area contributed by atoms with E-state index in [0.29, 0.717) is 5.95 Å². The maximum absolute atomic E-state index is 5.16. The van der Waals surface area contributed by atoms with Crippen molar-refractivity contribution in [2.75, 3.05) is 7.11 Å². The molecular weight excluding hydrogens is 116 g/mol. The third-order valence-electron chi connectivity index (χ3n) is 1.19. The number of ether oxygens (including phenoxy) is 1. The van der Waals surface area contributed by atoms with Gasteiger partial charge in [-0.1, -0.05) is 6.92 Å². The molecule has 0 unspecified atom stereocenters. The summed E-state index contributed by atoms with van der Waals surface area (Å²) in [6, 6.07) is 3.73. The van der Waals surface area contributed by atoms with Gasteiger partial charge < -0.3 is 9.15 Å². The van der Waals surface area contributed by atoms with E-state index >= 15 is 0 Å². The van der Waals surface area contributed by atoms with E-state index in [0.717, 1.165) is 12.2 Å². The summed E-state index contributed by atoms with van der Waals surface area (Å²) in [4.78, 5) is 0. The molecule has 1 aromatic heterocycles. The summed E-state index contributed by atoms with van der Waals surface area (Å²) < 4.78 is 9.99. The van der Waals surface area contributed by atoms with Crippen LogP contribution < -0.4 is 4.74 Å².